The second kappa shape index (κ2) is 10.6. The summed E-state index contributed by atoms with van der Waals surface area (Å²) in [6, 6.07) is 22.3. The quantitative estimate of drug-likeness (QED) is 0.280. The molecule has 1 aliphatic heterocycles. The lowest BCUT2D eigenvalue weighted by Gasteiger charge is -2.32. The summed E-state index contributed by atoms with van der Waals surface area (Å²) in [6.07, 6.45) is 7.82. The average molecular weight is 515 g/mol. The zero-order valence-electron chi connectivity index (χ0n) is 22.0. The van der Waals surface area contributed by atoms with Crippen LogP contribution in [0.25, 0.3) is 26.7 Å². The number of hydrogen-bond acceptors (Lipinski definition) is 3. The van der Waals surface area contributed by atoms with Crippen LogP contribution in [-0.2, 0) is 13.1 Å². The van der Waals surface area contributed by atoms with Crippen LogP contribution in [0.5, 0.6) is 0 Å². The number of hydrogen-bond donors (Lipinski definition) is 0. The van der Waals surface area contributed by atoms with E-state index in [2.05, 4.69) is 67.4 Å². The first-order valence-electron chi connectivity index (χ1n) is 13.2. The fourth-order valence-electron chi connectivity index (χ4n) is 5.31. The molecule has 1 fully saturated rings. The Labute approximate surface area is 228 Å². The third kappa shape index (κ3) is 5.07. The summed E-state index contributed by atoms with van der Waals surface area (Å²) in [5.74, 6) is 0.0817. The Morgan fingerprint density at radius 3 is 2.46 bits per heavy atom. The van der Waals surface area contributed by atoms with Gasteiger partial charge >= 0.3 is 0 Å². The summed E-state index contributed by atoms with van der Waals surface area (Å²) in [6.45, 7) is 11.7. The normalized spacial score (nSPS) is 14.0. The standard InChI is InChI=1S/C32H30N6O/c1-33-26-12-10-24(11-13-26)19-38-23-34-18-27(38)20-36-21-30(29-9-5-7-25-6-3-4-8-28(25)29)31(22-36)32(39)37-16-14-35(2)15-17-37/h3-13,18,21-23H,14-17,19-20H2,2H3. The maximum Gasteiger partial charge on any atom is 0.256 e. The van der Waals surface area contributed by atoms with Crippen molar-refractivity contribution in [2.45, 2.75) is 13.1 Å². The van der Waals surface area contributed by atoms with Gasteiger partial charge in [0.05, 0.1) is 30.7 Å². The van der Waals surface area contributed by atoms with E-state index < -0.39 is 0 Å². The van der Waals surface area contributed by atoms with Crippen LogP contribution in [0.1, 0.15) is 21.6 Å². The second-order valence-corrected chi connectivity index (χ2v) is 10.2. The Morgan fingerprint density at radius 1 is 0.897 bits per heavy atom. The van der Waals surface area contributed by atoms with Gasteiger partial charge in [0.15, 0.2) is 5.69 Å². The van der Waals surface area contributed by atoms with Crippen molar-refractivity contribution in [2.75, 3.05) is 33.2 Å². The van der Waals surface area contributed by atoms with E-state index in [4.69, 9.17) is 6.57 Å². The van der Waals surface area contributed by atoms with E-state index in [0.717, 1.165) is 64.9 Å². The lowest BCUT2D eigenvalue weighted by molar-refractivity contribution is 0.0665. The number of rotatable bonds is 6. The van der Waals surface area contributed by atoms with Gasteiger partial charge in [-0.05, 0) is 28.9 Å². The molecular weight excluding hydrogens is 484 g/mol. The van der Waals surface area contributed by atoms with Gasteiger partial charge in [0, 0.05) is 56.9 Å². The molecule has 0 radical (unpaired) electrons. The Morgan fingerprint density at radius 2 is 1.67 bits per heavy atom. The fourth-order valence-corrected chi connectivity index (χ4v) is 5.31. The van der Waals surface area contributed by atoms with Crippen molar-refractivity contribution in [3.63, 3.8) is 0 Å². The van der Waals surface area contributed by atoms with Crippen LogP contribution in [0.2, 0.25) is 0 Å². The molecule has 0 N–H and O–H groups in total. The number of benzene rings is 3. The van der Waals surface area contributed by atoms with E-state index in [1.54, 1.807) is 0 Å². The Bertz CT molecular complexity index is 1660. The third-order valence-corrected chi connectivity index (χ3v) is 7.54. The number of carbonyl (C=O) groups excluding carboxylic acids is 1. The first-order chi connectivity index (χ1) is 19.1. The van der Waals surface area contributed by atoms with Crippen LogP contribution in [0.3, 0.4) is 0 Å². The molecule has 1 saturated heterocycles. The predicted octanol–water partition coefficient (Wildman–Crippen LogP) is 5.54. The molecule has 0 bridgehead atoms. The van der Waals surface area contributed by atoms with Gasteiger partial charge in [0.1, 0.15) is 0 Å². The molecule has 1 aliphatic rings. The molecule has 5 aromatic rings. The number of likely N-dealkylation sites (N-methyl/N-ethyl adjacent to an activating group) is 1. The van der Waals surface area contributed by atoms with Gasteiger partial charge in [-0.1, -0.05) is 66.7 Å². The van der Waals surface area contributed by atoms with E-state index in [0.29, 0.717) is 18.8 Å². The van der Waals surface area contributed by atoms with Crippen LogP contribution < -0.4 is 0 Å². The van der Waals surface area contributed by atoms with Gasteiger partial charge in [0.25, 0.3) is 5.91 Å². The van der Waals surface area contributed by atoms with Gasteiger partial charge in [0.2, 0.25) is 0 Å². The highest BCUT2D eigenvalue weighted by Crippen LogP contribution is 2.33. The van der Waals surface area contributed by atoms with Gasteiger partial charge in [-0.15, -0.1) is 0 Å². The van der Waals surface area contributed by atoms with Crippen LogP contribution in [-0.4, -0.2) is 63.1 Å². The minimum atomic E-state index is 0.0817. The molecule has 0 atom stereocenters. The maximum absolute atomic E-state index is 13.9. The maximum atomic E-state index is 13.9. The van der Waals surface area contributed by atoms with Crippen molar-refractivity contribution in [1.29, 1.82) is 0 Å². The van der Waals surface area contributed by atoms with E-state index in [9.17, 15) is 4.79 Å². The third-order valence-electron chi connectivity index (χ3n) is 7.54. The number of carbonyl (C=O) groups is 1. The fraction of sp³-hybridized carbons (Fsp3) is 0.219. The average Bonchev–Trinajstić information content (AvgIpc) is 3.60. The lowest BCUT2D eigenvalue weighted by Crippen LogP contribution is -2.47. The molecule has 7 heteroatoms. The molecule has 0 spiro atoms. The highest BCUT2D eigenvalue weighted by molar-refractivity contribution is 6.06. The molecule has 0 aliphatic carbocycles. The molecule has 2 aromatic heterocycles. The summed E-state index contributed by atoms with van der Waals surface area (Å²) >= 11 is 0. The van der Waals surface area contributed by atoms with E-state index in [1.165, 1.54) is 0 Å². The van der Waals surface area contributed by atoms with Crippen LogP contribution in [0.15, 0.2) is 91.6 Å². The molecule has 0 unspecified atom stereocenters. The summed E-state index contributed by atoms with van der Waals surface area (Å²) in [4.78, 5) is 26.0. The number of imidazole rings is 1. The Balaban J connectivity index is 1.35. The first-order valence-corrected chi connectivity index (χ1v) is 13.2. The number of aromatic nitrogens is 3. The number of fused-ring (bicyclic) bond motifs is 1. The number of piperazine rings is 1. The molecular formula is C32H30N6O. The molecule has 194 valence electrons. The van der Waals surface area contributed by atoms with Crippen LogP contribution in [0, 0.1) is 6.57 Å². The van der Waals surface area contributed by atoms with E-state index in [-0.39, 0.29) is 5.91 Å². The summed E-state index contributed by atoms with van der Waals surface area (Å²) < 4.78 is 4.22. The highest BCUT2D eigenvalue weighted by Gasteiger charge is 2.25. The molecule has 0 saturated carbocycles. The van der Waals surface area contributed by atoms with Gasteiger partial charge in [-0.2, -0.15) is 0 Å². The summed E-state index contributed by atoms with van der Waals surface area (Å²) in [5.41, 5.74) is 5.54. The highest BCUT2D eigenvalue weighted by atomic mass is 16.2. The zero-order valence-corrected chi connectivity index (χ0v) is 22.0. The van der Waals surface area contributed by atoms with Crippen molar-refractivity contribution in [3.05, 3.63) is 120 Å². The Kier molecular flexibility index (Phi) is 6.70. The molecule has 6 rings (SSSR count). The van der Waals surface area contributed by atoms with Gasteiger partial charge in [-0.3, -0.25) is 4.79 Å². The zero-order chi connectivity index (χ0) is 26.8. The van der Waals surface area contributed by atoms with Crippen molar-refractivity contribution in [3.8, 4) is 11.1 Å². The van der Waals surface area contributed by atoms with Gasteiger partial charge in [-0.25, -0.2) is 9.83 Å². The SMILES string of the molecule is [C-]#[N+]c1ccc(Cn2cncc2Cn2cc(C(=O)N3CCN(C)CC3)c(-c3cccc4ccccc34)c2)cc1. The minimum absolute atomic E-state index is 0.0817. The molecule has 7 nitrogen and oxygen atoms in total. The van der Waals surface area contributed by atoms with Crippen LogP contribution >= 0.6 is 0 Å². The molecule has 1 amide bonds. The molecule has 39 heavy (non-hydrogen) atoms. The van der Waals surface area contributed by atoms with E-state index >= 15 is 0 Å². The predicted molar refractivity (Wildman–Crippen MR) is 154 cm³/mol. The first kappa shape index (κ1) is 24.7. The topological polar surface area (TPSA) is 50.7 Å². The number of amides is 1. The van der Waals surface area contributed by atoms with Crippen LogP contribution in [0.4, 0.5) is 5.69 Å². The minimum Gasteiger partial charge on any atom is -0.347 e. The van der Waals surface area contributed by atoms with Crippen molar-refractivity contribution in [1.82, 2.24) is 23.9 Å². The lowest BCUT2D eigenvalue weighted by atomic mass is 9.97. The van der Waals surface area contributed by atoms with Crippen molar-refractivity contribution < 1.29 is 4.79 Å². The van der Waals surface area contributed by atoms with Gasteiger partial charge < -0.3 is 18.9 Å². The smallest absolute Gasteiger partial charge is 0.256 e. The van der Waals surface area contributed by atoms with E-state index in [1.807, 2.05) is 60.0 Å². The number of nitrogens with zero attached hydrogens (tertiary/aromatic N) is 6. The van der Waals surface area contributed by atoms with Crippen molar-refractivity contribution >= 4 is 22.4 Å². The molecule has 3 heterocycles. The molecule has 3 aromatic carbocycles. The summed E-state index contributed by atoms with van der Waals surface area (Å²) in [5, 5.41) is 2.29. The Hall–Kier alpha value is -4.67. The monoisotopic (exact) mass is 514 g/mol. The second-order valence-electron chi connectivity index (χ2n) is 10.2. The van der Waals surface area contributed by atoms with Crippen molar-refractivity contribution in [2.24, 2.45) is 0 Å². The summed E-state index contributed by atoms with van der Waals surface area (Å²) in [7, 11) is 2.10. The largest absolute Gasteiger partial charge is 0.347 e.